The van der Waals surface area contributed by atoms with Crippen molar-refractivity contribution in [1.29, 1.82) is 0 Å². The van der Waals surface area contributed by atoms with Crippen molar-refractivity contribution in [3.63, 3.8) is 0 Å². The van der Waals surface area contributed by atoms with Crippen LogP contribution in [0.3, 0.4) is 0 Å². The van der Waals surface area contributed by atoms with Crippen molar-refractivity contribution < 1.29 is 0 Å². The zero-order valence-electron chi connectivity index (χ0n) is 13.2. The van der Waals surface area contributed by atoms with Crippen molar-refractivity contribution in [2.24, 2.45) is 0 Å². The maximum atomic E-state index is 4.62. The van der Waals surface area contributed by atoms with E-state index in [-0.39, 0.29) is 0 Å². The number of hydrogen-bond acceptors (Lipinski definition) is 3. The highest BCUT2D eigenvalue weighted by Crippen LogP contribution is 2.29. The molecule has 0 saturated carbocycles. The number of hydrogen-bond donors (Lipinski definition) is 0. The molecule has 112 valence electrons. The zero-order chi connectivity index (χ0) is 14.8. The van der Waals surface area contributed by atoms with Gasteiger partial charge < -0.3 is 0 Å². The summed E-state index contributed by atoms with van der Waals surface area (Å²) in [7, 11) is 0. The van der Waals surface area contributed by atoms with Gasteiger partial charge in [-0.25, -0.2) is 0 Å². The van der Waals surface area contributed by atoms with Crippen LogP contribution >= 0.6 is 0 Å². The Bertz CT molecular complexity index is 590. The van der Waals surface area contributed by atoms with E-state index in [9.17, 15) is 0 Å². The summed E-state index contributed by atoms with van der Waals surface area (Å²) in [5, 5.41) is 4.62. The lowest BCUT2D eigenvalue weighted by Crippen LogP contribution is -2.35. The van der Waals surface area contributed by atoms with Gasteiger partial charge in [-0.15, -0.1) is 0 Å². The monoisotopic (exact) mass is 284 g/mol. The molecule has 3 heterocycles. The SMILES string of the molecule is Cc1cc(C)n(C[C@H]2CCCN2[C@H](C)c2cccnc2)n1. The summed E-state index contributed by atoms with van der Waals surface area (Å²) >= 11 is 0. The second kappa shape index (κ2) is 5.98. The first-order valence-electron chi connectivity index (χ1n) is 7.82. The molecule has 1 aliphatic rings. The lowest BCUT2D eigenvalue weighted by molar-refractivity contribution is 0.172. The highest BCUT2D eigenvalue weighted by molar-refractivity contribution is 5.14. The molecule has 0 radical (unpaired) electrons. The van der Waals surface area contributed by atoms with Gasteiger partial charge in [0.25, 0.3) is 0 Å². The number of likely N-dealkylation sites (tertiary alicyclic amines) is 1. The van der Waals surface area contributed by atoms with Crippen LogP contribution in [-0.2, 0) is 6.54 Å². The van der Waals surface area contributed by atoms with Gasteiger partial charge in [-0.3, -0.25) is 14.6 Å². The minimum Gasteiger partial charge on any atom is -0.292 e. The normalized spacial score (nSPS) is 20.8. The van der Waals surface area contributed by atoms with Crippen LogP contribution in [-0.4, -0.2) is 32.3 Å². The van der Waals surface area contributed by atoms with Crippen LogP contribution in [0.25, 0.3) is 0 Å². The first-order chi connectivity index (χ1) is 10.1. The van der Waals surface area contributed by atoms with E-state index in [1.807, 2.05) is 18.5 Å². The predicted octanol–water partition coefficient (Wildman–Crippen LogP) is 3.12. The molecule has 1 fully saturated rings. The molecule has 0 N–H and O–H groups in total. The van der Waals surface area contributed by atoms with Crippen molar-refractivity contribution in [3.8, 4) is 0 Å². The lowest BCUT2D eigenvalue weighted by Gasteiger charge is -2.31. The first-order valence-corrected chi connectivity index (χ1v) is 7.82. The van der Waals surface area contributed by atoms with Gasteiger partial charge in [0.15, 0.2) is 0 Å². The largest absolute Gasteiger partial charge is 0.292 e. The van der Waals surface area contributed by atoms with Crippen molar-refractivity contribution in [1.82, 2.24) is 19.7 Å². The Balaban J connectivity index is 1.75. The molecule has 0 amide bonds. The third kappa shape index (κ3) is 3.00. The quantitative estimate of drug-likeness (QED) is 0.865. The molecule has 4 nitrogen and oxygen atoms in total. The maximum absolute atomic E-state index is 4.62. The fraction of sp³-hybridized carbons (Fsp3) is 0.529. The highest BCUT2D eigenvalue weighted by Gasteiger charge is 2.29. The number of rotatable bonds is 4. The molecule has 0 aliphatic carbocycles. The molecule has 1 saturated heterocycles. The van der Waals surface area contributed by atoms with Gasteiger partial charge in [0, 0.05) is 30.2 Å². The Kier molecular flexibility index (Phi) is 4.06. The molecule has 3 rings (SSSR count). The molecular formula is C17H24N4. The second-order valence-electron chi connectivity index (χ2n) is 6.11. The Morgan fingerprint density at radius 1 is 1.38 bits per heavy atom. The molecule has 0 bridgehead atoms. The van der Waals surface area contributed by atoms with Crippen LogP contribution < -0.4 is 0 Å². The molecule has 0 unspecified atom stereocenters. The molecule has 1 aliphatic heterocycles. The van der Waals surface area contributed by atoms with Gasteiger partial charge in [-0.1, -0.05) is 6.07 Å². The Morgan fingerprint density at radius 2 is 2.24 bits per heavy atom. The molecular weight excluding hydrogens is 260 g/mol. The molecule has 0 aromatic carbocycles. The third-order valence-electron chi connectivity index (χ3n) is 4.57. The average Bonchev–Trinajstić information content (AvgIpc) is 3.06. The summed E-state index contributed by atoms with van der Waals surface area (Å²) in [4.78, 5) is 6.86. The smallest absolute Gasteiger partial charge is 0.0596 e. The summed E-state index contributed by atoms with van der Waals surface area (Å²) in [5.74, 6) is 0. The summed E-state index contributed by atoms with van der Waals surface area (Å²) in [5.41, 5.74) is 3.67. The predicted molar refractivity (Wildman–Crippen MR) is 84.1 cm³/mol. The van der Waals surface area contributed by atoms with Crippen LogP contribution in [0, 0.1) is 13.8 Å². The fourth-order valence-corrected chi connectivity index (χ4v) is 3.44. The number of pyridine rings is 1. The van der Waals surface area contributed by atoms with E-state index in [1.54, 1.807) is 0 Å². The first kappa shape index (κ1) is 14.3. The summed E-state index contributed by atoms with van der Waals surface area (Å²) in [6.45, 7) is 8.65. The zero-order valence-corrected chi connectivity index (χ0v) is 13.2. The van der Waals surface area contributed by atoms with E-state index >= 15 is 0 Å². The van der Waals surface area contributed by atoms with E-state index in [0.717, 1.165) is 12.2 Å². The molecule has 0 spiro atoms. The van der Waals surface area contributed by atoms with Crippen molar-refractivity contribution in [2.45, 2.75) is 52.2 Å². The summed E-state index contributed by atoms with van der Waals surface area (Å²) in [6, 6.07) is 7.35. The van der Waals surface area contributed by atoms with Crippen molar-refractivity contribution in [2.75, 3.05) is 6.54 Å². The Labute approximate surface area is 126 Å². The van der Waals surface area contributed by atoms with E-state index < -0.39 is 0 Å². The topological polar surface area (TPSA) is 34.0 Å². The van der Waals surface area contributed by atoms with Gasteiger partial charge in [0.2, 0.25) is 0 Å². The Hall–Kier alpha value is -1.68. The second-order valence-corrected chi connectivity index (χ2v) is 6.11. The van der Waals surface area contributed by atoms with Crippen molar-refractivity contribution >= 4 is 0 Å². The fourth-order valence-electron chi connectivity index (χ4n) is 3.44. The van der Waals surface area contributed by atoms with E-state index in [0.29, 0.717) is 12.1 Å². The maximum Gasteiger partial charge on any atom is 0.0596 e. The van der Waals surface area contributed by atoms with Crippen LogP contribution in [0.1, 0.15) is 42.8 Å². The minimum atomic E-state index is 0.420. The molecule has 2 aromatic heterocycles. The molecule has 2 aromatic rings. The third-order valence-corrected chi connectivity index (χ3v) is 4.57. The van der Waals surface area contributed by atoms with E-state index in [4.69, 9.17) is 0 Å². The minimum absolute atomic E-state index is 0.420. The van der Waals surface area contributed by atoms with E-state index in [1.165, 1.54) is 30.6 Å². The lowest BCUT2D eigenvalue weighted by atomic mass is 10.1. The van der Waals surface area contributed by atoms with Crippen LogP contribution in [0.5, 0.6) is 0 Å². The van der Waals surface area contributed by atoms with Gasteiger partial charge >= 0.3 is 0 Å². The summed E-state index contributed by atoms with van der Waals surface area (Å²) < 4.78 is 2.16. The average molecular weight is 284 g/mol. The van der Waals surface area contributed by atoms with Gasteiger partial charge in [-0.2, -0.15) is 5.10 Å². The van der Waals surface area contributed by atoms with Crippen molar-refractivity contribution in [3.05, 3.63) is 47.5 Å². The van der Waals surface area contributed by atoms with Crippen LogP contribution in [0.15, 0.2) is 30.6 Å². The van der Waals surface area contributed by atoms with E-state index in [2.05, 4.69) is 52.6 Å². The number of aryl methyl sites for hydroxylation is 2. The number of aromatic nitrogens is 3. The number of nitrogens with zero attached hydrogens (tertiary/aromatic N) is 4. The molecule has 4 heteroatoms. The molecule has 2 atom stereocenters. The highest BCUT2D eigenvalue weighted by atomic mass is 15.3. The van der Waals surface area contributed by atoms with Gasteiger partial charge in [0.05, 0.1) is 12.2 Å². The van der Waals surface area contributed by atoms with Gasteiger partial charge in [-0.05, 0) is 57.9 Å². The molecule has 21 heavy (non-hydrogen) atoms. The summed E-state index contributed by atoms with van der Waals surface area (Å²) in [6.07, 6.45) is 6.36. The van der Waals surface area contributed by atoms with Gasteiger partial charge in [0.1, 0.15) is 0 Å². The standard InChI is InChI=1S/C17H24N4/c1-13-10-14(2)21(19-13)12-17-7-5-9-20(17)15(3)16-6-4-8-18-11-16/h4,6,8,10-11,15,17H,5,7,9,12H2,1-3H3/t15-,17-/m1/s1. The van der Waals surface area contributed by atoms with Crippen LogP contribution in [0.4, 0.5) is 0 Å². The van der Waals surface area contributed by atoms with Crippen LogP contribution in [0.2, 0.25) is 0 Å². The Morgan fingerprint density at radius 3 is 2.90 bits per heavy atom.